The van der Waals surface area contributed by atoms with Crippen LogP contribution in [-0.4, -0.2) is 12.1 Å². The summed E-state index contributed by atoms with van der Waals surface area (Å²) in [5, 5.41) is 6.03. The zero-order valence-electron chi connectivity index (χ0n) is 12.3. The van der Waals surface area contributed by atoms with Gasteiger partial charge in [0.15, 0.2) is 0 Å². The van der Waals surface area contributed by atoms with Gasteiger partial charge in [0.25, 0.3) is 5.91 Å². The third-order valence-corrected chi connectivity index (χ3v) is 3.59. The minimum absolute atomic E-state index is 0.207. The molecule has 0 saturated carbocycles. The molecular formula is C19H16N2O. The van der Waals surface area contributed by atoms with Gasteiger partial charge in [-0.2, -0.15) is 5.10 Å². The molecule has 3 aromatic rings. The lowest BCUT2D eigenvalue weighted by Gasteiger charge is -2.05. The number of fused-ring (bicyclic) bond motifs is 1. The Morgan fingerprint density at radius 1 is 0.955 bits per heavy atom. The first-order valence-corrected chi connectivity index (χ1v) is 7.12. The minimum atomic E-state index is -0.207. The van der Waals surface area contributed by atoms with Gasteiger partial charge in [0.2, 0.25) is 0 Å². The summed E-state index contributed by atoms with van der Waals surface area (Å²) in [6.07, 6.45) is 1.67. The molecule has 0 spiro atoms. The SMILES string of the molecule is Cc1ccccc1C=NNC(=O)c1cccc2ccccc12. The first-order valence-electron chi connectivity index (χ1n) is 7.12. The van der Waals surface area contributed by atoms with E-state index in [0.29, 0.717) is 5.56 Å². The summed E-state index contributed by atoms with van der Waals surface area (Å²) in [4.78, 5) is 12.3. The highest BCUT2D eigenvalue weighted by Crippen LogP contribution is 2.18. The van der Waals surface area contributed by atoms with Crippen molar-refractivity contribution in [1.29, 1.82) is 0 Å². The Kier molecular flexibility index (Phi) is 3.97. The molecule has 0 aliphatic rings. The van der Waals surface area contributed by atoms with E-state index in [-0.39, 0.29) is 5.91 Å². The molecule has 1 N–H and O–H groups in total. The molecule has 3 heteroatoms. The molecule has 0 fully saturated rings. The van der Waals surface area contributed by atoms with Crippen LogP contribution in [0.15, 0.2) is 71.8 Å². The van der Waals surface area contributed by atoms with E-state index in [1.807, 2.05) is 67.6 Å². The second-order valence-electron chi connectivity index (χ2n) is 5.08. The number of carbonyl (C=O) groups excluding carboxylic acids is 1. The van der Waals surface area contributed by atoms with Crippen LogP contribution in [0.5, 0.6) is 0 Å². The van der Waals surface area contributed by atoms with E-state index in [2.05, 4.69) is 10.5 Å². The standard InChI is InChI=1S/C19H16N2O/c1-14-7-2-3-9-16(14)13-20-21-19(22)18-12-6-10-15-8-4-5-11-17(15)18/h2-13H,1H3,(H,21,22). The number of rotatable bonds is 3. The van der Waals surface area contributed by atoms with Crippen LogP contribution in [0.3, 0.4) is 0 Å². The molecule has 3 nitrogen and oxygen atoms in total. The van der Waals surface area contributed by atoms with Crippen molar-refractivity contribution in [3.63, 3.8) is 0 Å². The zero-order chi connectivity index (χ0) is 15.4. The quantitative estimate of drug-likeness (QED) is 0.576. The maximum atomic E-state index is 12.3. The number of hydrogen-bond donors (Lipinski definition) is 1. The highest BCUT2D eigenvalue weighted by Gasteiger charge is 2.08. The smallest absolute Gasteiger partial charge is 0.267 e. The molecule has 0 radical (unpaired) electrons. The predicted molar refractivity (Wildman–Crippen MR) is 90.2 cm³/mol. The van der Waals surface area contributed by atoms with Gasteiger partial charge < -0.3 is 0 Å². The van der Waals surface area contributed by atoms with Crippen LogP contribution in [0, 0.1) is 6.92 Å². The molecule has 22 heavy (non-hydrogen) atoms. The van der Waals surface area contributed by atoms with Gasteiger partial charge in [-0.15, -0.1) is 0 Å². The third kappa shape index (κ3) is 2.88. The van der Waals surface area contributed by atoms with Gasteiger partial charge in [0, 0.05) is 5.56 Å². The molecule has 0 aliphatic heterocycles. The summed E-state index contributed by atoms with van der Waals surface area (Å²) < 4.78 is 0. The predicted octanol–water partition coefficient (Wildman–Crippen LogP) is 3.91. The summed E-state index contributed by atoms with van der Waals surface area (Å²) in [5.74, 6) is -0.207. The fourth-order valence-electron chi connectivity index (χ4n) is 2.38. The van der Waals surface area contributed by atoms with Gasteiger partial charge in [-0.05, 0) is 34.9 Å². The highest BCUT2D eigenvalue weighted by molar-refractivity contribution is 6.07. The van der Waals surface area contributed by atoms with Crippen molar-refractivity contribution in [3.8, 4) is 0 Å². The average molecular weight is 288 g/mol. The molecule has 0 saturated heterocycles. The Morgan fingerprint density at radius 3 is 2.55 bits per heavy atom. The number of hydrazone groups is 1. The number of hydrogen-bond acceptors (Lipinski definition) is 2. The van der Waals surface area contributed by atoms with E-state index < -0.39 is 0 Å². The van der Waals surface area contributed by atoms with E-state index in [9.17, 15) is 4.79 Å². The monoisotopic (exact) mass is 288 g/mol. The average Bonchev–Trinajstić information content (AvgIpc) is 2.56. The molecule has 0 aliphatic carbocycles. The number of aryl methyl sites for hydroxylation is 1. The second kappa shape index (κ2) is 6.22. The number of amides is 1. The molecule has 3 rings (SSSR count). The van der Waals surface area contributed by atoms with Crippen molar-refractivity contribution >= 4 is 22.9 Å². The number of benzene rings is 3. The highest BCUT2D eigenvalue weighted by atomic mass is 16.2. The van der Waals surface area contributed by atoms with Crippen molar-refractivity contribution < 1.29 is 4.79 Å². The summed E-state index contributed by atoms with van der Waals surface area (Å²) in [6.45, 7) is 2.01. The zero-order valence-corrected chi connectivity index (χ0v) is 12.3. The van der Waals surface area contributed by atoms with Crippen molar-refractivity contribution in [3.05, 3.63) is 83.4 Å². The van der Waals surface area contributed by atoms with E-state index in [1.54, 1.807) is 12.3 Å². The Balaban J connectivity index is 1.81. The van der Waals surface area contributed by atoms with Crippen molar-refractivity contribution in [2.24, 2.45) is 5.10 Å². The number of carbonyl (C=O) groups is 1. The number of nitrogens with zero attached hydrogens (tertiary/aromatic N) is 1. The maximum absolute atomic E-state index is 12.3. The summed E-state index contributed by atoms with van der Waals surface area (Å²) in [6, 6.07) is 21.4. The summed E-state index contributed by atoms with van der Waals surface area (Å²) in [5.41, 5.74) is 5.33. The first-order chi connectivity index (χ1) is 10.8. The molecule has 0 heterocycles. The van der Waals surface area contributed by atoms with E-state index in [1.165, 1.54) is 0 Å². The second-order valence-corrected chi connectivity index (χ2v) is 5.08. The van der Waals surface area contributed by atoms with Crippen LogP contribution in [0.1, 0.15) is 21.5 Å². The first kappa shape index (κ1) is 14.0. The largest absolute Gasteiger partial charge is 0.271 e. The van der Waals surface area contributed by atoms with Gasteiger partial charge in [-0.1, -0.05) is 60.7 Å². The van der Waals surface area contributed by atoms with Crippen LogP contribution in [0.4, 0.5) is 0 Å². The van der Waals surface area contributed by atoms with Gasteiger partial charge in [-0.25, -0.2) is 5.43 Å². The lowest BCUT2D eigenvalue weighted by molar-refractivity contribution is 0.0957. The van der Waals surface area contributed by atoms with E-state index in [0.717, 1.165) is 21.9 Å². The van der Waals surface area contributed by atoms with Crippen molar-refractivity contribution in [2.45, 2.75) is 6.92 Å². The molecule has 3 aromatic carbocycles. The third-order valence-electron chi connectivity index (χ3n) is 3.59. The van der Waals surface area contributed by atoms with Crippen molar-refractivity contribution in [2.75, 3.05) is 0 Å². The minimum Gasteiger partial charge on any atom is -0.267 e. The molecule has 108 valence electrons. The Hall–Kier alpha value is -2.94. The van der Waals surface area contributed by atoms with E-state index >= 15 is 0 Å². The molecule has 0 bridgehead atoms. The van der Waals surface area contributed by atoms with Crippen LogP contribution in [0.2, 0.25) is 0 Å². The van der Waals surface area contributed by atoms with Crippen molar-refractivity contribution in [1.82, 2.24) is 5.43 Å². The summed E-state index contributed by atoms with van der Waals surface area (Å²) in [7, 11) is 0. The lowest BCUT2D eigenvalue weighted by Crippen LogP contribution is -2.18. The normalized spacial score (nSPS) is 11.0. The summed E-state index contributed by atoms with van der Waals surface area (Å²) >= 11 is 0. The van der Waals surface area contributed by atoms with Crippen LogP contribution >= 0.6 is 0 Å². The fraction of sp³-hybridized carbons (Fsp3) is 0.0526. The molecular weight excluding hydrogens is 272 g/mol. The number of nitrogens with one attached hydrogen (secondary N) is 1. The molecule has 0 aromatic heterocycles. The lowest BCUT2D eigenvalue weighted by atomic mass is 10.0. The Morgan fingerprint density at radius 2 is 1.68 bits per heavy atom. The van der Waals surface area contributed by atoms with E-state index in [4.69, 9.17) is 0 Å². The van der Waals surface area contributed by atoms with Gasteiger partial charge >= 0.3 is 0 Å². The topological polar surface area (TPSA) is 41.5 Å². The Bertz CT molecular complexity index is 847. The van der Waals surface area contributed by atoms with Crippen LogP contribution in [0.25, 0.3) is 10.8 Å². The van der Waals surface area contributed by atoms with Crippen LogP contribution < -0.4 is 5.43 Å². The molecule has 1 amide bonds. The van der Waals surface area contributed by atoms with Gasteiger partial charge in [-0.3, -0.25) is 4.79 Å². The van der Waals surface area contributed by atoms with Gasteiger partial charge in [0.1, 0.15) is 0 Å². The maximum Gasteiger partial charge on any atom is 0.271 e. The van der Waals surface area contributed by atoms with Gasteiger partial charge in [0.05, 0.1) is 6.21 Å². The Labute approximate surface area is 129 Å². The molecule has 0 atom stereocenters. The van der Waals surface area contributed by atoms with Crippen LogP contribution in [-0.2, 0) is 0 Å². The molecule has 0 unspecified atom stereocenters. The fourth-order valence-corrected chi connectivity index (χ4v) is 2.38.